The van der Waals surface area contributed by atoms with E-state index in [0.717, 1.165) is 21.3 Å². The number of rotatable bonds is 3. The van der Waals surface area contributed by atoms with E-state index in [9.17, 15) is 9.59 Å². The summed E-state index contributed by atoms with van der Waals surface area (Å²) in [6, 6.07) is 10.8. The number of nitrogens with one attached hydrogen (secondary N) is 1. The molecule has 1 heterocycles. The van der Waals surface area contributed by atoms with Gasteiger partial charge in [0.05, 0.1) is 11.4 Å². The van der Waals surface area contributed by atoms with Gasteiger partial charge in [-0.3, -0.25) is 15.0 Å². The van der Waals surface area contributed by atoms with Gasteiger partial charge in [-0.1, -0.05) is 23.7 Å². The van der Waals surface area contributed by atoms with Gasteiger partial charge in [0.25, 0.3) is 11.8 Å². The molecule has 0 aliphatic carbocycles. The van der Waals surface area contributed by atoms with Gasteiger partial charge in [0.15, 0.2) is 0 Å². The molecule has 0 unspecified atom stereocenters. The maximum absolute atomic E-state index is 12.7. The Labute approximate surface area is 165 Å². The Morgan fingerprint density at radius 3 is 2.50 bits per heavy atom. The first-order valence-electron chi connectivity index (χ1n) is 7.88. The molecule has 0 spiro atoms. The fourth-order valence-electron chi connectivity index (χ4n) is 2.60. The minimum absolute atomic E-state index is 0.0752. The van der Waals surface area contributed by atoms with Crippen molar-refractivity contribution in [2.45, 2.75) is 6.92 Å². The summed E-state index contributed by atoms with van der Waals surface area (Å²) >= 11 is 9.63. The fraction of sp³-hybridized carbons (Fsp3) is 0.158. The van der Waals surface area contributed by atoms with Gasteiger partial charge in [-0.2, -0.15) is 0 Å². The summed E-state index contributed by atoms with van der Waals surface area (Å²) in [5.41, 5.74) is 5.83. The van der Waals surface area contributed by atoms with Crippen molar-refractivity contribution in [3.63, 3.8) is 0 Å². The Kier molecular flexibility index (Phi) is 5.07. The molecule has 0 atom stereocenters. The van der Waals surface area contributed by atoms with Crippen LogP contribution in [0, 0.1) is 6.92 Å². The SMILES string of the molecule is Cc1ccc(N2NC(=O)/C(=C\c3ccc(N(C)C)c(Br)c3)C2=O)cc1Cl. The van der Waals surface area contributed by atoms with Crippen LogP contribution >= 0.6 is 27.5 Å². The van der Waals surface area contributed by atoms with E-state index in [4.69, 9.17) is 11.6 Å². The summed E-state index contributed by atoms with van der Waals surface area (Å²) in [6.07, 6.45) is 1.58. The molecule has 1 aliphatic heterocycles. The van der Waals surface area contributed by atoms with Crippen LogP contribution in [0.2, 0.25) is 5.02 Å². The van der Waals surface area contributed by atoms with Gasteiger partial charge in [0, 0.05) is 23.6 Å². The van der Waals surface area contributed by atoms with E-state index < -0.39 is 11.8 Å². The highest BCUT2D eigenvalue weighted by Gasteiger charge is 2.34. The fourth-order valence-corrected chi connectivity index (χ4v) is 3.53. The van der Waals surface area contributed by atoms with Crippen LogP contribution in [-0.4, -0.2) is 25.9 Å². The number of amides is 2. The zero-order valence-corrected chi connectivity index (χ0v) is 16.9. The molecule has 7 heteroatoms. The predicted molar refractivity (Wildman–Crippen MR) is 108 cm³/mol. The first-order valence-corrected chi connectivity index (χ1v) is 9.05. The number of hydrogen-bond acceptors (Lipinski definition) is 3. The molecule has 0 saturated carbocycles. The molecule has 0 radical (unpaired) electrons. The number of nitrogens with zero attached hydrogens (tertiary/aromatic N) is 2. The van der Waals surface area contributed by atoms with Crippen molar-refractivity contribution in [1.29, 1.82) is 0 Å². The van der Waals surface area contributed by atoms with Crippen LogP contribution in [0.5, 0.6) is 0 Å². The molecule has 134 valence electrons. The third kappa shape index (κ3) is 3.48. The largest absolute Gasteiger partial charge is 0.377 e. The van der Waals surface area contributed by atoms with E-state index in [0.29, 0.717) is 10.7 Å². The number of carbonyl (C=O) groups excluding carboxylic acids is 2. The summed E-state index contributed by atoms with van der Waals surface area (Å²) < 4.78 is 0.880. The summed E-state index contributed by atoms with van der Waals surface area (Å²) in [7, 11) is 3.88. The third-order valence-corrected chi connectivity index (χ3v) is 5.11. The number of hydrogen-bond donors (Lipinski definition) is 1. The van der Waals surface area contributed by atoms with E-state index >= 15 is 0 Å². The lowest BCUT2D eigenvalue weighted by atomic mass is 10.1. The van der Waals surface area contributed by atoms with Gasteiger partial charge in [-0.05, 0) is 64.3 Å². The van der Waals surface area contributed by atoms with E-state index in [1.807, 2.05) is 44.1 Å². The Morgan fingerprint density at radius 1 is 1.15 bits per heavy atom. The maximum atomic E-state index is 12.7. The van der Waals surface area contributed by atoms with Crippen molar-refractivity contribution < 1.29 is 9.59 Å². The van der Waals surface area contributed by atoms with Crippen LogP contribution in [0.25, 0.3) is 6.08 Å². The monoisotopic (exact) mass is 433 g/mol. The molecule has 1 N–H and O–H groups in total. The predicted octanol–water partition coefficient (Wildman–Crippen LogP) is 3.94. The molecular formula is C19H17BrClN3O2. The lowest BCUT2D eigenvalue weighted by molar-refractivity contribution is -0.117. The molecule has 0 aromatic heterocycles. The Morgan fingerprint density at radius 2 is 1.88 bits per heavy atom. The second kappa shape index (κ2) is 7.13. The smallest absolute Gasteiger partial charge is 0.282 e. The van der Waals surface area contributed by atoms with Crippen molar-refractivity contribution >= 4 is 56.8 Å². The van der Waals surface area contributed by atoms with Crippen molar-refractivity contribution in [2.75, 3.05) is 24.0 Å². The number of halogens is 2. The molecule has 2 aromatic rings. The quantitative estimate of drug-likeness (QED) is 0.588. The Hall–Kier alpha value is -2.31. The average Bonchev–Trinajstić information content (AvgIpc) is 2.85. The molecule has 5 nitrogen and oxygen atoms in total. The van der Waals surface area contributed by atoms with Gasteiger partial charge in [0.1, 0.15) is 5.57 Å². The number of hydrazine groups is 1. The Bertz CT molecular complexity index is 940. The molecule has 1 saturated heterocycles. The summed E-state index contributed by atoms with van der Waals surface area (Å²) in [6.45, 7) is 1.87. The highest BCUT2D eigenvalue weighted by Crippen LogP contribution is 2.29. The van der Waals surface area contributed by atoms with Crippen LogP contribution in [0.1, 0.15) is 11.1 Å². The second-order valence-electron chi connectivity index (χ2n) is 6.18. The highest BCUT2D eigenvalue weighted by atomic mass is 79.9. The minimum Gasteiger partial charge on any atom is -0.377 e. The van der Waals surface area contributed by atoms with Gasteiger partial charge in [0.2, 0.25) is 0 Å². The number of aryl methyl sites for hydroxylation is 1. The summed E-state index contributed by atoms with van der Waals surface area (Å²) in [5, 5.41) is 1.74. The normalized spacial score (nSPS) is 15.6. The van der Waals surface area contributed by atoms with E-state index in [1.54, 1.807) is 24.3 Å². The number of benzene rings is 2. The second-order valence-corrected chi connectivity index (χ2v) is 7.44. The third-order valence-electron chi connectivity index (χ3n) is 4.07. The van der Waals surface area contributed by atoms with Crippen LogP contribution in [0.3, 0.4) is 0 Å². The van der Waals surface area contributed by atoms with E-state index in [-0.39, 0.29) is 5.57 Å². The molecule has 3 rings (SSSR count). The van der Waals surface area contributed by atoms with Crippen LogP contribution < -0.4 is 15.3 Å². The van der Waals surface area contributed by atoms with E-state index in [2.05, 4.69) is 21.4 Å². The van der Waals surface area contributed by atoms with E-state index in [1.165, 1.54) is 5.01 Å². The van der Waals surface area contributed by atoms with Crippen molar-refractivity contribution in [3.05, 3.63) is 62.6 Å². The standard InChI is InChI=1S/C19H17BrClN3O2/c1-11-4-6-13(10-16(11)21)24-19(26)14(18(25)22-24)8-12-5-7-17(23(2)3)15(20)9-12/h4-10H,1-3H3,(H,22,25)/b14-8+. The molecule has 26 heavy (non-hydrogen) atoms. The zero-order valence-electron chi connectivity index (χ0n) is 14.5. The van der Waals surface area contributed by atoms with Gasteiger partial charge >= 0.3 is 0 Å². The molecule has 1 aliphatic rings. The molecule has 2 aromatic carbocycles. The van der Waals surface area contributed by atoms with Crippen molar-refractivity contribution in [3.8, 4) is 0 Å². The number of anilines is 2. The highest BCUT2D eigenvalue weighted by molar-refractivity contribution is 9.10. The Balaban J connectivity index is 1.92. The van der Waals surface area contributed by atoms with Crippen LogP contribution in [0.15, 0.2) is 46.4 Å². The first-order chi connectivity index (χ1) is 12.3. The van der Waals surface area contributed by atoms with Crippen LogP contribution in [-0.2, 0) is 9.59 Å². The zero-order chi connectivity index (χ0) is 19.0. The van der Waals surface area contributed by atoms with Gasteiger partial charge in [-0.25, -0.2) is 5.01 Å². The topological polar surface area (TPSA) is 52.7 Å². The lowest BCUT2D eigenvalue weighted by Gasteiger charge is -2.15. The van der Waals surface area contributed by atoms with Gasteiger partial charge in [-0.15, -0.1) is 0 Å². The van der Waals surface area contributed by atoms with Gasteiger partial charge < -0.3 is 4.90 Å². The first kappa shape index (κ1) is 18.5. The molecule has 1 fully saturated rings. The number of carbonyl (C=O) groups is 2. The van der Waals surface area contributed by atoms with Crippen LogP contribution in [0.4, 0.5) is 11.4 Å². The summed E-state index contributed by atoms with van der Waals surface area (Å²) in [4.78, 5) is 26.9. The molecule has 0 bridgehead atoms. The average molecular weight is 435 g/mol. The summed E-state index contributed by atoms with van der Waals surface area (Å²) in [5.74, 6) is -0.859. The molecule has 2 amide bonds. The lowest BCUT2D eigenvalue weighted by Crippen LogP contribution is -2.35. The molecular weight excluding hydrogens is 418 g/mol. The van der Waals surface area contributed by atoms with Crippen molar-refractivity contribution in [1.82, 2.24) is 5.43 Å². The maximum Gasteiger partial charge on any atom is 0.282 e. The van der Waals surface area contributed by atoms with Crippen molar-refractivity contribution in [2.24, 2.45) is 0 Å². The minimum atomic E-state index is -0.445.